The Morgan fingerprint density at radius 3 is 2.65 bits per heavy atom. The highest BCUT2D eigenvalue weighted by Gasteiger charge is 2.17. The van der Waals surface area contributed by atoms with Crippen LogP contribution in [0.3, 0.4) is 0 Å². The third-order valence-electron chi connectivity index (χ3n) is 4.94. The van der Waals surface area contributed by atoms with Crippen molar-refractivity contribution >= 4 is 23.2 Å². The molecule has 4 rings (SSSR count). The van der Waals surface area contributed by atoms with Crippen LogP contribution in [0, 0.1) is 5.82 Å². The monoisotopic (exact) mass is 427 g/mol. The van der Waals surface area contributed by atoms with Crippen molar-refractivity contribution in [1.82, 2.24) is 9.99 Å². The number of aromatic nitrogens is 1. The van der Waals surface area contributed by atoms with E-state index in [1.165, 1.54) is 12.3 Å². The third-order valence-corrected chi connectivity index (χ3v) is 4.94. The minimum atomic E-state index is -0.717. The normalized spacial score (nSPS) is 13.7. The van der Waals surface area contributed by atoms with Gasteiger partial charge in [-0.1, -0.05) is 12.1 Å². The Hall–Kier alpha value is -3.79. The topological polar surface area (TPSA) is 101 Å². The number of hydrogen-bond donors (Lipinski definition) is 3. The number of benzene rings is 2. The quantitative estimate of drug-likeness (QED) is 0.519. The third kappa shape index (κ3) is 4.38. The Morgan fingerprint density at radius 2 is 1.90 bits per heavy atom. The molecule has 9 nitrogen and oxygen atoms in total. The van der Waals surface area contributed by atoms with Gasteiger partial charge in [-0.15, -0.1) is 0 Å². The predicted octanol–water partition coefficient (Wildman–Crippen LogP) is 2.20. The molecule has 0 radical (unpaired) electrons. The van der Waals surface area contributed by atoms with E-state index in [0.29, 0.717) is 48.9 Å². The van der Waals surface area contributed by atoms with Crippen LogP contribution in [-0.4, -0.2) is 43.8 Å². The molecule has 0 aliphatic carbocycles. The lowest BCUT2D eigenvalue weighted by atomic mass is 10.1. The summed E-state index contributed by atoms with van der Waals surface area (Å²) in [5.41, 5.74) is 6.88. The van der Waals surface area contributed by atoms with E-state index in [9.17, 15) is 14.0 Å². The van der Waals surface area contributed by atoms with Gasteiger partial charge in [0.1, 0.15) is 5.82 Å². The van der Waals surface area contributed by atoms with E-state index in [0.717, 1.165) is 4.57 Å². The Bertz CT molecular complexity index is 1140. The Balaban J connectivity index is 1.48. The molecule has 2 heterocycles. The molecule has 0 saturated carbocycles. The number of amides is 1. The number of oxazole rings is 1. The number of halogens is 1. The fraction of sp³-hybridized carbons (Fsp3) is 0.238. The molecule has 1 saturated heterocycles. The second kappa shape index (κ2) is 8.92. The van der Waals surface area contributed by atoms with Crippen LogP contribution in [-0.2, 0) is 4.74 Å². The van der Waals surface area contributed by atoms with Crippen molar-refractivity contribution < 1.29 is 18.3 Å². The molecule has 0 unspecified atom stereocenters. The van der Waals surface area contributed by atoms with Crippen molar-refractivity contribution in [3.8, 4) is 5.69 Å². The van der Waals surface area contributed by atoms with Gasteiger partial charge in [-0.2, -0.15) is 0 Å². The molecule has 0 atom stereocenters. The van der Waals surface area contributed by atoms with Crippen LogP contribution in [0.4, 0.5) is 21.6 Å². The maximum absolute atomic E-state index is 14.7. The molecule has 3 aromatic rings. The Morgan fingerprint density at radius 1 is 1.13 bits per heavy atom. The summed E-state index contributed by atoms with van der Waals surface area (Å²) in [6.07, 6.45) is 1.34. The second-order valence-corrected chi connectivity index (χ2v) is 6.84. The summed E-state index contributed by atoms with van der Waals surface area (Å²) in [5, 5.41) is 2.93. The molecule has 1 aromatic heterocycles. The van der Waals surface area contributed by atoms with Gasteiger partial charge in [0.2, 0.25) is 5.88 Å². The number of para-hydroxylation sites is 1. The van der Waals surface area contributed by atoms with E-state index in [4.69, 9.17) is 9.15 Å². The lowest BCUT2D eigenvalue weighted by molar-refractivity contribution is 0.0962. The van der Waals surface area contributed by atoms with E-state index in [1.54, 1.807) is 43.4 Å². The molecule has 3 N–H and O–H groups in total. The molecular formula is C21H22FN5O4. The van der Waals surface area contributed by atoms with Crippen molar-refractivity contribution in [2.75, 3.05) is 49.0 Å². The van der Waals surface area contributed by atoms with Crippen LogP contribution in [0.2, 0.25) is 0 Å². The fourth-order valence-electron chi connectivity index (χ4n) is 3.37. The average molecular weight is 427 g/mol. The first kappa shape index (κ1) is 20.5. The maximum atomic E-state index is 14.7. The van der Waals surface area contributed by atoms with Crippen LogP contribution < -0.4 is 26.8 Å². The first-order valence-electron chi connectivity index (χ1n) is 9.75. The van der Waals surface area contributed by atoms with Crippen molar-refractivity contribution in [2.24, 2.45) is 0 Å². The molecule has 1 aliphatic heterocycles. The van der Waals surface area contributed by atoms with Crippen molar-refractivity contribution in [1.29, 1.82) is 0 Å². The van der Waals surface area contributed by atoms with Gasteiger partial charge in [0.25, 0.3) is 5.91 Å². The largest absolute Gasteiger partial charge is 0.425 e. The lowest BCUT2D eigenvalue weighted by Crippen LogP contribution is -2.36. The summed E-state index contributed by atoms with van der Waals surface area (Å²) in [7, 11) is 1.71. The van der Waals surface area contributed by atoms with Gasteiger partial charge in [-0.05, 0) is 24.3 Å². The van der Waals surface area contributed by atoms with E-state index >= 15 is 0 Å². The van der Waals surface area contributed by atoms with Crippen LogP contribution in [0.1, 0.15) is 10.4 Å². The van der Waals surface area contributed by atoms with Crippen LogP contribution in [0.15, 0.2) is 57.9 Å². The SMILES string of the molecule is CNc1ccccc1C(=O)NNc1cn(-c2ccc(N3CCOCC3)c(F)c2)c(=O)o1. The summed E-state index contributed by atoms with van der Waals surface area (Å²) in [4.78, 5) is 26.5. The number of nitrogens with zero attached hydrogens (tertiary/aromatic N) is 2. The zero-order valence-corrected chi connectivity index (χ0v) is 16.9. The highest BCUT2D eigenvalue weighted by Crippen LogP contribution is 2.23. The van der Waals surface area contributed by atoms with Gasteiger partial charge in [-0.3, -0.25) is 15.6 Å². The summed E-state index contributed by atoms with van der Waals surface area (Å²) < 4.78 is 26.2. The average Bonchev–Trinajstić information content (AvgIpc) is 3.18. The summed E-state index contributed by atoms with van der Waals surface area (Å²) in [5.74, 6) is -1.57. The van der Waals surface area contributed by atoms with Crippen LogP contribution in [0.5, 0.6) is 0 Å². The van der Waals surface area contributed by atoms with Gasteiger partial charge < -0.3 is 19.4 Å². The molecule has 10 heteroatoms. The fourth-order valence-corrected chi connectivity index (χ4v) is 3.37. The number of ether oxygens (including phenoxy) is 1. The molecule has 162 valence electrons. The first-order chi connectivity index (χ1) is 15.1. The maximum Gasteiger partial charge on any atom is 0.425 e. The molecule has 1 aliphatic rings. The number of morpholine rings is 1. The van der Waals surface area contributed by atoms with Gasteiger partial charge in [0.15, 0.2) is 0 Å². The Kier molecular flexibility index (Phi) is 5.89. The second-order valence-electron chi connectivity index (χ2n) is 6.84. The highest BCUT2D eigenvalue weighted by atomic mass is 19.1. The number of anilines is 3. The molecule has 1 amide bonds. The molecule has 2 aromatic carbocycles. The van der Waals surface area contributed by atoms with E-state index < -0.39 is 17.5 Å². The molecule has 0 spiro atoms. The minimum Gasteiger partial charge on any atom is -0.390 e. The summed E-state index contributed by atoms with van der Waals surface area (Å²) >= 11 is 0. The first-order valence-corrected chi connectivity index (χ1v) is 9.75. The van der Waals surface area contributed by atoms with E-state index in [1.807, 2.05) is 4.90 Å². The van der Waals surface area contributed by atoms with Crippen molar-refractivity contribution in [2.45, 2.75) is 0 Å². The summed E-state index contributed by atoms with van der Waals surface area (Å²) in [6, 6.07) is 11.5. The summed E-state index contributed by atoms with van der Waals surface area (Å²) in [6.45, 7) is 2.29. The number of hydrazine groups is 1. The van der Waals surface area contributed by atoms with Crippen molar-refractivity contribution in [3.05, 3.63) is 70.6 Å². The standard InChI is InChI=1S/C21H22FN5O4/c1-23-17-5-3-2-4-15(17)20(28)25-24-19-13-27(21(29)31-19)14-6-7-18(16(22)12-14)26-8-10-30-11-9-26/h2-7,12-13,23-24H,8-11H2,1H3,(H,25,28). The number of carbonyl (C=O) groups excluding carboxylic acids is 1. The Labute approximate surface area is 177 Å². The molecule has 1 fully saturated rings. The molecule has 0 bridgehead atoms. The highest BCUT2D eigenvalue weighted by molar-refractivity contribution is 6.00. The van der Waals surface area contributed by atoms with E-state index in [2.05, 4.69) is 16.2 Å². The zero-order chi connectivity index (χ0) is 21.8. The van der Waals surface area contributed by atoms with Crippen LogP contribution >= 0.6 is 0 Å². The molecule has 31 heavy (non-hydrogen) atoms. The smallest absolute Gasteiger partial charge is 0.390 e. The van der Waals surface area contributed by atoms with Gasteiger partial charge in [0, 0.05) is 31.9 Å². The van der Waals surface area contributed by atoms with Gasteiger partial charge >= 0.3 is 5.76 Å². The number of rotatable bonds is 6. The number of carbonyl (C=O) groups is 1. The van der Waals surface area contributed by atoms with E-state index in [-0.39, 0.29) is 5.88 Å². The van der Waals surface area contributed by atoms with Crippen molar-refractivity contribution in [3.63, 3.8) is 0 Å². The predicted molar refractivity (Wildman–Crippen MR) is 114 cm³/mol. The minimum absolute atomic E-state index is 0.0120. The zero-order valence-electron chi connectivity index (χ0n) is 16.9. The van der Waals surface area contributed by atoms with Gasteiger partial charge in [0.05, 0.1) is 36.3 Å². The van der Waals surface area contributed by atoms with Gasteiger partial charge in [-0.25, -0.2) is 13.8 Å². The molecular weight excluding hydrogens is 405 g/mol. The van der Waals surface area contributed by atoms with Crippen LogP contribution in [0.25, 0.3) is 5.69 Å². The number of hydrogen-bond acceptors (Lipinski definition) is 7. The number of nitrogens with one attached hydrogen (secondary N) is 3. The lowest BCUT2D eigenvalue weighted by Gasteiger charge is -2.29.